The molecular formula is C19H18Cl3FN2O2. The van der Waals surface area contributed by atoms with Gasteiger partial charge >= 0.3 is 0 Å². The molecule has 0 aromatic heterocycles. The molecule has 8 heteroatoms. The summed E-state index contributed by atoms with van der Waals surface area (Å²) in [6.45, 7) is 3.13. The number of hydrogen-bond donors (Lipinski definition) is 1. The fourth-order valence-corrected chi connectivity index (χ4v) is 3.81. The van der Waals surface area contributed by atoms with Gasteiger partial charge in [-0.05, 0) is 30.2 Å². The summed E-state index contributed by atoms with van der Waals surface area (Å²) in [4.78, 5) is 16.7. The smallest absolute Gasteiger partial charge is 0.259 e. The second-order valence-corrected chi connectivity index (χ2v) is 7.62. The van der Waals surface area contributed by atoms with Crippen LogP contribution in [-0.4, -0.2) is 47.0 Å². The van der Waals surface area contributed by atoms with E-state index in [2.05, 4.69) is 4.90 Å². The molecule has 2 aromatic rings. The number of hydrogen-bond acceptors (Lipinski definition) is 3. The topological polar surface area (TPSA) is 43.8 Å². The number of benzene rings is 2. The number of carbonyl (C=O) groups is 1. The van der Waals surface area contributed by atoms with Crippen LogP contribution in [-0.2, 0) is 6.54 Å². The Labute approximate surface area is 172 Å². The van der Waals surface area contributed by atoms with Gasteiger partial charge in [-0.25, -0.2) is 4.39 Å². The maximum absolute atomic E-state index is 13.0. The molecule has 0 bridgehead atoms. The van der Waals surface area contributed by atoms with Gasteiger partial charge in [0.25, 0.3) is 5.91 Å². The van der Waals surface area contributed by atoms with Crippen molar-refractivity contribution in [3.63, 3.8) is 0 Å². The van der Waals surface area contributed by atoms with E-state index in [-0.39, 0.29) is 32.2 Å². The molecule has 1 aliphatic rings. The van der Waals surface area contributed by atoms with Crippen LogP contribution in [0.3, 0.4) is 0 Å². The zero-order valence-corrected chi connectivity index (χ0v) is 16.7. The number of phenols is 1. The molecule has 1 N–H and O–H groups in total. The van der Waals surface area contributed by atoms with E-state index < -0.39 is 5.91 Å². The first-order valence-corrected chi connectivity index (χ1v) is 9.62. The summed E-state index contributed by atoms with van der Waals surface area (Å²) in [5.41, 5.74) is 0.944. The third-order valence-electron chi connectivity index (χ3n) is 4.55. The molecule has 1 aliphatic heterocycles. The van der Waals surface area contributed by atoms with Crippen molar-refractivity contribution in [1.82, 2.24) is 9.80 Å². The minimum Gasteiger partial charge on any atom is -0.505 e. The molecular weight excluding hydrogens is 414 g/mol. The van der Waals surface area contributed by atoms with Crippen LogP contribution in [0.25, 0.3) is 0 Å². The van der Waals surface area contributed by atoms with E-state index in [1.165, 1.54) is 18.2 Å². The van der Waals surface area contributed by atoms with Gasteiger partial charge in [-0.15, -0.1) is 0 Å². The standard InChI is InChI=1S/C19H18Cl3FN2O2/c20-14-10-15(21)18(26)16(17(14)22)19(27)25-7-1-6-24(8-9-25)11-12-2-4-13(23)5-3-12/h2-5,10,26H,1,6-9,11H2. The molecule has 1 amide bonds. The number of phenolic OH excluding ortho intramolecular Hbond substituents is 1. The molecule has 1 heterocycles. The van der Waals surface area contributed by atoms with Gasteiger partial charge in [-0.3, -0.25) is 9.69 Å². The minimum absolute atomic E-state index is 0.00372. The average molecular weight is 432 g/mol. The highest BCUT2D eigenvalue weighted by Crippen LogP contribution is 2.39. The largest absolute Gasteiger partial charge is 0.505 e. The molecule has 0 atom stereocenters. The third kappa shape index (κ3) is 4.66. The van der Waals surface area contributed by atoms with E-state index in [4.69, 9.17) is 34.8 Å². The van der Waals surface area contributed by atoms with Crippen LogP contribution >= 0.6 is 34.8 Å². The summed E-state index contributed by atoms with van der Waals surface area (Å²) >= 11 is 18.1. The zero-order valence-electron chi connectivity index (χ0n) is 14.4. The van der Waals surface area contributed by atoms with Crippen LogP contribution in [0, 0.1) is 5.82 Å². The highest BCUT2D eigenvalue weighted by molar-refractivity contribution is 6.45. The Morgan fingerprint density at radius 2 is 1.74 bits per heavy atom. The lowest BCUT2D eigenvalue weighted by Crippen LogP contribution is -2.35. The summed E-state index contributed by atoms with van der Waals surface area (Å²) in [6, 6.07) is 7.71. The molecule has 0 radical (unpaired) electrons. The van der Waals surface area contributed by atoms with Crippen LogP contribution in [0.1, 0.15) is 22.3 Å². The molecule has 1 saturated heterocycles. The number of carbonyl (C=O) groups excluding carboxylic acids is 1. The Morgan fingerprint density at radius 1 is 1.04 bits per heavy atom. The van der Waals surface area contributed by atoms with Gasteiger partial charge in [-0.2, -0.15) is 0 Å². The second kappa shape index (κ2) is 8.65. The summed E-state index contributed by atoms with van der Waals surface area (Å²) < 4.78 is 13.0. The van der Waals surface area contributed by atoms with Gasteiger partial charge in [0.05, 0.1) is 15.1 Å². The molecule has 144 valence electrons. The second-order valence-electron chi connectivity index (χ2n) is 6.43. The van der Waals surface area contributed by atoms with Crippen molar-refractivity contribution in [2.24, 2.45) is 0 Å². The molecule has 4 nitrogen and oxygen atoms in total. The van der Waals surface area contributed by atoms with Gasteiger partial charge in [0, 0.05) is 32.7 Å². The Balaban J connectivity index is 1.71. The quantitative estimate of drug-likeness (QED) is 0.707. The highest BCUT2D eigenvalue weighted by Gasteiger charge is 2.27. The van der Waals surface area contributed by atoms with Crippen molar-refractivity contribution < 1.29 is 14.3 Å². The number of rotatable bonds is 3. The highest BCUT2D eigenvalue weighted by atomic mass is 35.5. The van der Waals surface area contributed by atoms with Gasteiger partial charge < -0.3 is 10.0 Å². The summed E-state index contributed by atoms with van der Waals surface area (Å²) in [5, 5.41) is 10.3. The van der Waals surface area contributed by atoms with Gasteiger partial charge in [0.2, 0.25) is 0 Å². The lowest BCUT2D eigenvalue weighted by molar-refractivity contribution is 0.0758. The maximum atomic E-state index is 13.0. The monoisotopic (exact) mass is 430 g/mol. The summed E-state index contributed by atoms with van der Waals surface area (Å²) in [6.07, 6.45) is 0.764. The Hall–Kier alpha value is -1.53. The minimum atomic E-state index is -0.398. The fraction of sp³-hybridized carbons (Fsp3) is 0.316. The molecule has 2 aromatic carbocycles. The molecule has 0 aliphatic carbocycles. The average Bonchev–Trinajstić information content (AvgIpc) is 2.88. The van der Waals surface area contributed by atoms with E-state index >= 15 is 0 Å². The van der Waals surface area contributed by atoms with Crippen molar-refractivity contribution in [1.29, 1.82) is 0 Å². The SMILES string of the molecule is O=C(c1c(O)c(Cl)cc(Cl)c1Cl)N1CCCN(Cc2ccc(F)cc2)CC1. The summed E-state index contributed by atoms with van der Waals surface area (Å²) in [5.74, 6) is -1.02. The Bertz CT molecular complexity index is 820. The van der Waals surface area contributed by atoms with Crippen LogP contribution < -0.4 is 0 Å². The predicted octanol–water partition coefficient (Wildman–Crippen LogP) is 4.84. The van der Waals surface area contributed by atoms with E-state index in [1.54, 1.807) is 17.0 Å². The normalized spacial score (nSPS) is 15.6. The first-order valence-electron chi connectivity index (χ1n) is 8.49. The molecule has 0 spiro atoms. The molecule has 27 heavy (non-hydrogen) atoms. The number of amides is 1. The van der Waals surface area contributed by atoms with Crippen LogP contribution in [0.5, 0.6) is 5.75 Å². The molecule has 1 fully saturated rings. The van der Waals surface area contributed by atoms with E-state index in [9.17, 15) is 14.3 Å². The zero-order chi connectivity index (χ0) is 19.6. The Kier molecular flexibility index (Phi) is 6.48. The van der Waals surface area contributed by atoms with Crippen molar-refractivity contribution in [2.45, 2.75) is 13.0 Å². The fourth-order valence-electron chi connectivity index (χ4n) is 3.12. The van der Waals surface area contributed by atoms with E-state index in [0.29, 0.717) is 26.2 Å². The van der Waals surface area contributed by atoms with Gasteiger partial charge in [-0.1, -0.05) is 46.9 Å². The van der Waals surface area contributed by atoms with Crippen molar-refractivity contribution in [2.75, 3.05) is 26.2 Å². The number of aromatic hydroxyl groups is 1. The van der Waals surface area contributed by atoms with Crippen LogP contribution in [0.15, 0.2) is 30.3 Å². The predicted molar refractivity (Wildman–Crippen MR) is 105 cm³/mol. The van der Waals surface area contributed by atoms with Crippen molar-refractivity contribution >= 4 is 40.7 Å². The van der Waals surface area contributed by atoms with Gasteiger partial charge in [0.15, 0.2) is 0 Å². The van der Waals surface area contributed by atoms with Crippen molar-refractivity contribution in [3.8, 4) is 5.75 Å². The molecule has 0 unspecified atom stereocenters. The first kappa shape index (κ1) is 20.2. The van der Waals surface area contributed by atoms with Gasteiger partial charge in [0.1, 0.15) is 17.1 Å². The Morgan fingerprint density at radius 3 is 2.44 bits per heavy atom. The lowest BCUT2D eigenvalue weighted by Gasteiger charge is -2.23. The van der Waals surface area contributed by atoms with Crippen LogP contribution in [0.4, 0.5) is 4.39 Å². The number of nitrogens with zero attached hydrogens (tertiary/aromatic N) is 2. The molecule has 3 rings (SSSR count). The van der Waals surface area contributed by atoms with E-state index in [1.807, 2.05) is 0 Å². The summed E-state index contributed by atoms with van der Waals surface area (Å²) in [7, 11) is 0. The lowest BCUT2D eigenvalue weighted by atomic mass is 10.1. The van der Waals surface area contributed by atoms with Crippen molar-refractivity contribution in [3.05, 3.63) is 62.3 Å². The number of halogens is 4. The maximum Gasteiger partial charge on any atom is 0.259 e. The van der Waals surface area contributed by atoms with E-state index in [0.717, 1.165) is 18.5 Å². The third-order valence-corrected chi connectivity index (χ3v) is 5.63. The first-order chi connectivity index (χ1) is 12.9. The van der Waals surface area contributed by atoms with Crippen LogP contribution in [0.2, 0.25) is 15.1 Å². The molecule has 0 saturated carbocycles.